The molecule has 5 heteroatoms. The van der Waals surface area contributed by atoms with Crippen molar-refractivity contribution in [3.63, 3.8) is 0 Å². The van der Waals surface area contributed by atoms with Crippen molar-refractivity contribution < 1.29 is 19.4 Å². The Bertz CT molecular complexity index is 607. The van der Waals surface area contributed by atoms with E-state index in [9.17, 15) is 9.59 Å². The van der Waals surface area contributed by atoms with Crippen LogP contribution in [0.4, 0.5) is 0 Å². The molecule has 0 radical (unpaired) electrons. The molecule has 1 aliphatic carbocycles. The Labute approximate surface area is 142 Å². The average molecular weight is 331 g/mol. The zero-order valence-electron chi connectivity index (χ0n) is 14.1. The number of nitrogens with zero attached hydrogens (tertiary/aromatic N) is 1. The summed E-state index contributed by atoms with van der Waals surface area (Å²) >= 11 is 0. The van der Waals surface area contributed by atoms with E-state index >= 15 is 0 Å². The monoisotopic (exact) mass is 331 g/mol. The van der Waals surface area contributed by atoms with Crippen LogP contribution in [-0.4, -0.2) is 42.1 Å². The zero-order chi connectivity index (χ0) is 17.1. The summed E-state index contributed by atoms with van der Waals surface area (Å²) < 4.78 is 5.29. The maximum Gasteiger partial charge on any atom is 0.306 e. The highest BCUT2D eigenvalue weighted by atomic mass is 16.5. The number of amides is 1. The number of likely N-dealkylation sites (tertiary alicyclic amines) is 1. The van der Waals surface area contributed by atoms with Gasteiger partial charge in [-0.2, -0.15) is 0 Å². The van der Waals surface area contributed by atoms with Gasteiger partial charge in [0.2, 0.25) is 5.91 Å². The van der Waals surface area contributed by atoms with Gasteiger partial charge in [-0.15, -0.1) is 0 Å². The Balaban J connectivity index is 1.55. The molecule has 1 aromatic carbocycles. The third-order valence-electron chi connectivity index (χ3n) is 5.50. The lowest BCUT2D eigenvalue weighted by atomic mass is 9.88. The van der Waals surface area contributed by atoms with Gasteiger partial charge in [-0.05, 0) is 55.7 Å². The number of hydrogen-bond acceptors (Lipinski definition) is 3. The molecule has 2 atom stereocenters. The molecule has 2 aliphatic rings. The summed E-state index contributed by atoms with van der Waals surface area (Å²) in [7, 11) is 1.67. The van der Waals surface area contributed by atoms with E-state index in [1.165, 1.54) is 5.56 Å². The van der Waals surface area contributed by atoms with Crippen LogP contribution < -0.4 is 4.74 Å². The molecule has 1 aromatic rings. The fourth-order valence-electron chi connectivity index (χ4n) is 4.02. The van der Waals surface area contributed by atoms with Crippen LogP contribution in [0, 0.1) is 11.8 Å². The first-order chi connectivity index (χ1) is 11.6. The van der Waals surface area contributed by atoms with E-state index in [1.807, 2.05) is 17.0 Å². The van der Waals surface area contributed by atoms with Gasteiger partial charge in [0.05, 0.1) is 13.0 Å². The smallest absolute Gasteiger partial charge is 0.306 e. The first-order valence-corrected chi connectivity index (χ1v) is 8.74. The molecule has 0 spiro atoms. The standard InChI is InChI=1S/C19H25NO4/c1-24-17-4-2-3-14(12-17)13-7-9-20(10-8-13)18(21)15-5-6-16(11-15)19(22)23/h2-4,12-13,15-16H,5-11H2,1H3,(H,22,23)/t15-,16+/m1/s1. The van der Waals surface area contributed by atoms with E-state index in [-0.39, 0.29) is 17.7 Å². The molecule has 3 rings (SSSR count). The van der Waals surface area contributed by atoms with Gasteiger partial charge in [0.1, 0.15) is 5.75 Å². The Morgan fingerprint density at radius 3 is 2.46 bits per heavy atom. The Morgan fingerprint density at radius 2 is 1.83 bits per heavy atom. The number of piperidine rings is 1. The van der Waals surface area contributed by atoms with Crippen LogP contribution in [0.3, 0.4) is 0 Å². The van der Waals surface area contributed by atoms with Gasteiger partial charge in [-0.3, -0.25) is 9.59 Å². The van der Waals surface area contributed by atoms with Crippen molar-refractivity contribution in [3.05, 3.63) is 29.8 Å². The van der Waals surface area contributed by atoms with Gasteiger partial charge < -0.3 is 14.7 Å². The van der Waals surface area contributed by atoms with Crippen molar-refractivity contribution in [2.45, 2.75) is 38.0 Å². The van der Waals surface area contributed by atoms with Crippen LogP contribution in [0.5, 0.6) is 5.75 Å². The van der Waals surface area contributed by atoms with Gasteiger partial charge in [0, 0.05) is 19.0 Å². The highest BCUT2D eigenvalue weighted by Gasteiger charge is 2.36. The van der Waals surface area contributed by atoms with Crippen molar-refractivity contribution in [1.82, 2.24) is 4.90 Å². The number of hydrogen-bond donors (Lipinski definition) is 1. The normalized spacial score (nSPS) is 24.8. The first kappa shape index (κ1) is 16.8. The second-order valence-corrected chi connectivity index (χ2v) is 6.92. The largest absolute Gasteiger partial charge is 0.497 e. The lowest BCUT2D eigenvalue weighted by Crippen LogP contribution is -2.41. The molecule has 2 fully saturated rings. The molecule has 1 saturated carbocycles. The fraction of sp³-hybridized carbons (Fsp3) is 0.579. The minimum absolute atomic E-state index is 0.0977. The summed E-state index contributed by atoms with van der Waals surface area (Å²) in [5.41, 5.74) is 1.27. The predicted molar refractivity (Wildman–Crippen MR) is 90.0 cm³/mol. The molecule has 1 amide bonds. The molecule has 1 heterocycles. The quantitative estimate of drug-likeness (QED) is 0.921. The SMILES string of the molecule is COc1cccc(C2CCN(C(=O)[C@@H]3CC[C@H](C(=O)O)C3)CC2)c1. The minimum atomic E-state index is -0.762. The van der Waals surface area contributed by atoms with Gasteiger partial charge in [-0.25, -0.2) is 0 Å². The molecule has 24 heavy (non-hydrogen) atoms. The molecule has 1 saturated heterocycles. The highest BCUT2D eigenvalue weighted by Crippen LogP contribution is 2.35. The number of aliphatic carboxylic acids is 1. The van der Waals surface area contributed by atoms with Crippen molar-refractivity contribution in [3.8, 4) is 5.75 Å². The molecule has 0 unspecified atom stereocenters. The topological polar surface area (TPSA) is 66.8 Å². The number of carbonyl (C=O) groups excluding carboxylic acids is 1. The molecule has 0 bridgehead atoms. The van der Waals surface area contributed by atoms with E-state index < -0.39 is 5.97 Å². The molecule has 1 N–H and O–H groups in total. The average Bonchev–Trinajstić information content (AvgIpc) is 3.12. The van der Waals surface area contributed by atoms with Crippen molar-refractivity contribution >= 4 is 11.9 Å². The van der Waals surface area contributed by atoms with E-state index in [1.54, 1.807) is 7.11 Å². The van der Waals surface area contributed by atoms with Crippen LogP contribution in [-0.2, 0) is 9.59 Å². The van der Waals surface area contributed by atoms with Gasteiger partial charge in [0.25, 0.3) is 0 Å². The van der Waals surface area contributed by atoms with Crippen molar-refractivity contribution in [1.29, 1.82) is 0 Å². The molecule has 130 valence electrons. The number of rotatable bonds is 4. The maximum atomic E-state index is 12.6. The summed E-state index contributed by atoms with van der Waals surface area (Å²) in [6, 6.07) is 8.16. The molecule has 1 aliphatic heterocycles. The number of methoxy groups -OCH3 is 1. The molecular formula is C19H25NO4. The van der Waals surface area contributed by atoms with Crippen LogP contribution in [0.15, 0.2) is 24.3 Å². The third-order valence-corrected chi connectivity index (χ3v) is 5.50. The summed E-state index contributed by atoms with van der Waals surface area (Å²) in [5, 5.41) is 9.09. The zero-order valence-corrected chi connectivity index (χ0v) is 14.1. The number of carboxylic acid groups (broad SMARTS) is 1. The van der Waals surface area contributed by atoms with Crippen molar-refractivity contribution in [2.24, 2.45) is 11.8 Å². The van der Waals surface area contributed by atoms with Gasteiger partial charge >= 0.3 is 5.97 Å². The third kappa shape index (κ3) is 3.55. The van der Waals surface area contributed by atoms with Crippen LogP contribution in [0.2, 0.25) is 0 Å². The van der Waals surface area contributed by atoms with Gasteiger partial charge in [0.15, 0.2) is 0 Å². The van der Waals surface area contributed by atoms with E-state index in [4.69, 9.17) is 9.84 Å². The second-order valence-electron chi connectivity index (χ2n) is 6.92. The number of carboxylic acids is 1. The lowest BCUT2D eigenvalue weighted by molar-refractivity contribution is -0.141. The fourth-order valence-corrected chi connectivity index (χ4v) is 4.02. The van der Waals surface area contributed by atoms with Gasteiger partial charge in [-0.1, -0.05) is 12.1 Å². The van der Waals surface area contributed by atoms with Crippen LogP contribution >= 0.6 is 0 Å². The van der Waals surface area contributed by atoms with E-state index in [0.29, 0.717) is 25.2 Å². The second kappa shape index (κ2) is 7.24. The van der Waals surface area contributed by atoms with Crippen LogP contribution in [0.1, 0.15) is 43.6 Å². The number of carbonyl (C=O) groups is 2. The Hall–Kier alpha value is -2.04. The van der Waals surface area contributed by atoms with Crippen LogP contribution in [0.25, 0.3) is 0 Å². The molecule has 0 aromatic heterocycles. The van der Waals surface area contributed by atoms with E-state index in [2.05, 4.69) is 12.1 Å². The summed E-state index contributed by atoms with van der Waals surface area (Å²) in [6.07, 6.45) is 3.75. The molecule has 5 nitrogen and oxygen atoms in total. The molecular weight excluding hydrogens is 306 g/mol. The summed E-state index contributed by atoms with van der Waals surface area (Å²) in [5.74, 6) is 0.286. The maximum absolute atomic E-state index is 12.6. The first-order valence-electron chi connectivity index (χ1n) is 8.74. The summed E-state index contributed by atoms with van der Waals surface area (Å²) in [4.78, 5) is 25.6. The summed E-state index contributed by atoms with van der Waals surface area (Å²) in [6.45, 7) is 1.52. The number of ether oxygens (including phenoxy) is 1. The minimum Gasteiger partial charge on any atom is -0.497 e. The van der Waals surface area contributed by atoms with E-state index in [0.717, 1.165) is 31.7 Å². The Morgan fingerprint density at radius 1 is 1.12 bits per heavy atom. The lowest BCUT2D eigenvalue weighted by Gasteiger charge is -2.34. The predicted octanol–water partition coefficient (Wildman–Crippen LogP) is 2.90. The Kier molecular flexibility index (Phi) is 5.07. The highest BCUT2D eigenvalue weighted by molar-refractivity contribution is 5.81. The number of benzene rings is 1. The van der Waals surface area contributed by atoms with Crippen molar-refractivity contribution in [2.75, 3.05) is 20.2 Å².